The summed E-state index contributed by atoms with van der Waals surface area (Å²) in [4.78, 5) is 26.2. The number of thioether (sulfide) groups is 1. The molecule has 2 aromatic rings. The van der Waals surface area contributed by atoms with Gasteiger partial charge in [-0.15, -0.1) is 0 Å². The van der Waals surface area contributed by atoms with Crippen molar-refractivity contribution in [2.75, 3.05) is 36.0 Å². The number of anilines is 1. The summed E-state index contributed by atoms with van der Waals surface area (Å²) in [5.74, 6) is 2.01. The molecule has 142 valence electrons. The third-order valence-corrected chi connectivity index (χ3v) is 5.40. The highest BCUT2D eigenvalue weighted by molar-refractivity contribution is 7.99. The summed E-state index contributed by atoms with van der Waals surface area (Å²) in [6.45, 7) is 2.63. The van der Waals surface area contributed by atoms with Gasteiger partial charge in [-0.3, -0.25) is 9.59 Å². The molecule has 1 heterocycles. The minimum atomic E-state index is -0.187. The van der Waals surface area contributed by atoms with E-state index in [9.17, 15) is 9.59 Å². The highest BCUT2D eigenvalue weighted by atomic mass is 32.2. The summed E-state index contributed by atoms with van der Waals surface area (Å²) in [6, 6.07) is 17.8. The molecule has 0 aliphatic carbocycles. The molecule has 0 saturated carbocycles. The fourth-order valence-corrected chi connectivity index (χ4v) is 3.84. The molecule has 2 amide bonds. The quantitative estimate of drug-likeness (QED) is 0.770. The summed E-state index contributed by atoms with van der Waals surface area (Å²) in [5, 5.41) is 5.51. The van der Waals surface area contributed by atoms with E-state index in [0.29, 0.717) is 6.54 Å². The number of carbonyl (C=O) groups is 2. The van der Waals surface area contributed by atoms with Gasteiger partial charge in [-0.1, -0.05) is 42.5 Å². The van der Waals surface area contributed by atoms with Gasteiger partial charge >= 0.3 is 0 Å². The second-order valence-electron chi connectivity index (χ2n) is 6.48. The summed E-state index contributed by atoms with van der Waals surface area (Å²) in [7, 11) is 0. The molecule has 27 heavy (non-hydrogen) atoms. The van der Waals surface area contributed by atoms with Crippen molar-refractivity contribution in [1.82, 2.24) is 10.6 Å². The zero-order chi connectivity index (χ0) is 18.9. The van der Waals surface area contributed by atoms with Gasteiger partial charge in [0.05, 0.1) is 13.0 Å². The van der Waals surface area contributed by atoms with Crippen molar-refractivity contribution in [2.45, 2.75) is 13.0 Å². The molecular formula is C21H25N3O2S. The maximum Gasteiger partial charge on any atom is 0.239 e. The van der Waals surface area contributed by atoms with Crippen LogP contribution in [-0.2, 0) is 22.6 Å². The van der Waals surface area contributed by atoms with Crippen LogP contribution in [0.1, 0.15) is 11.1 Å². The van der Waals surface area contributed by atoms with Crippen LogP contribution < -0.4 is 15.5 Å². The van der Waals surface area contributed by atoms with Crippen molar-refractivity contribution in [3.05, 3.63) is 65.7 Å². The highest BCUT2D eigenvalue weighted by Gasteiger charge is 2.11. The largest absolute Gasteiger partial charge is 0.370 e. The SMILES string of the molecule is O=C(CNC(=O)Cc1ccccc1)NCc1ccc(N2CCSCC2)cc1. The van der Waals surface area contributed by atoms with Gasteiger partial charge in [-0.25, -0.2) is 0 Å². The van der Waals surface area contributed by atoms with Crippen molar-refractivity contribution in [3.8, 4) is 0 Å². The number of amides is 2. The van der Waals surface area contributed by atoms with Crippen molar-refractivity contribution in [3.63, 3.8) is 0 Å². The second-order valence-corrected chi connectivity index (χ2v) is 7.71. The minimum Gasteiger partial charge on any atom is -0.370 e. The number of rotatable bonds is 7. The van der Waals surface area contributed by atoms with E-state index in [4.69, 9.17) is 0 Å². The molecule has 2 N–H and O–H groups in total. The number of benzene rings is 2. The first kappa shape index (κ1) is 19.3. The van der Waals surface area contributed by atoms with E-state index in [1.807, 2.05) is 54.2 Å². The topological polar surface area (TPSA) is 61.4 Å². The average Bonchev–Trinajstić information content (AvgIpc) is 2.72. The normalized spacial score (nSPS) is 13.9. The first-order valence-corrected chi connectivity index (χ1v) is 10.3. The maximum atomic E-state index is 12.0. The summed E-state index contributed by atoms with van der Waals surface area (Å²) < 4.78 is 0. The Balaban J connectivity index is 1.38. The molecule has 5 nitrogen and oxygen atoms in total. The van der Waals surface area contributed by atoms with Crippen LogP contribution in [0, 0.1) is 0 Å². The smallest absolute Gasteiger partial charge is 0.239 e. The molecule has 1 aliphatic heterocycles. The monoisotopic (exact) mass is 383 g/mol. The summed E-state index contributed by atoms with van der Waals surface area (Å²) in [5.41, 5.74) is 3.22. The van der Waals surface area contributed by atoms with Gasteiger partial charge in [0.2, 0.25) is 11.8 Å². The van der Waals surface area contributed by atoms with Crippen molar-refractivity contribution >= 4 is 29.3 Å². The van der Waals surface area contributed by atoms with Crippen molar-refractivity contribution < 1.29 is 9.59 Å². The zero-order valence-electron chi connectivity index (χ0n) is 15.3. The second kappa shape index (κ2) is 10.0. The van der Waals surface area contributed by atoms with E-state index in [-0.39, 0.29) is 24.8 Å². The van der Waals surface area contributed by atoms with Gasteiger partial charge in [0.25, 0.3) is 0 Å². The third-order valence-electron chi connectivity index (χ3n) is 4.46. The fourth-order valence-electron chi connectivity index (χ4n) is 2.93. The first-order chi connectivity index (χ1) is 13.2. The lowest BCUT2D eigenvalue weighted by Gasteiger charge is -2.28. The van der Waals surface area contributed by atoms with Crippen LogP contribution in [0.2, 0.25) is 0 Å². The minimum absolute atomic E-state index is 0.00477. The molecular weight excluding hydrogens is 358 g/mol. The summed E-state index contributed by atoms with van der Waals surface area (Å²) >= 11 is 2.00. The molecule has 1 aliphatic rings. The van der Waals surface area contributed by atoms with Crippen LogP contribution in [0.5, 0.6) is 0 Å². The van der Waals surface area contributed by atoms with E-state index in [1.165, 1.54) is 17.2 Å². The fraction of sp³-hybridized carbons (Fsp3) is 0.333. The van der Waals surface area contributed by atoms with Crippen LogP contribution in [0.25, 0.3) is 0 Å². The predicted octanol–water partition coefficient (Wildman–Crippen LogP) is 2.21. The number of nitrogens with one attached hydrogen (secondary N) is 2. The van der Waals surface area contributed by atoms with Crippen LogP contribution in [0.4, 0.5) is 5.69 Å². The maximum absolute atomic E-state index is 12.0. The summed E-state index contributed by atoms with van der Waals surface area (Å²) in [6.07, 6.45) is 0.282. The molecule has 0 bridgehead atoms. The Labute approximate surface area is 164 Å². The standard InChI is InChI=1S/C21H25N3O2S/c25-20(14-17-4-2-1-3-5-17)23-16-21(26)22-15-18-6-8-19(9-7-18)24-10-12-27-13-11-24/h1-9H,10-16H2,(H,22,26)(H,23,25). The molecule has 0 radical (unpaired) electrons. The van der Waals surface area contributed by atoms with E-state index in [0.717, 1.165) is 24.2 Å². The van der Waals surface area contributed by atoms with E-state index < -0.39 is 0 Å². The molecule has 0 atom stereocenters. The third kappa shape index (κ3) is 6.32. The van der Waals surface area contributed by atoms with Gasteiger partial charge in [-0.2, -0.15) is 11.8 Å². The van der Waals surface area contributed by atoms with E-state index >= 15 is 0 Å². The Morgan fingerprint density at radius 2 is 1.56 bits per heavy atom. The van der Waals surface area contributed by atoms with Gasteiger partial charge in [0.1, 0.15) is 0 Å². The molecule has 1 saturated heterocycles. The van der Waals surface area contributed by atoms with E-state index in [1.54, 1.807) is 0 Å². The van der Waals surface area contributed by atoms with Gasteiger partial charge < -0.3 is 15.5 Å². The molecule has 3 rings (SSSR count). The lowest BCUT2D eigenvalue weighted by Crippen LogP contribution is -2.37. The Morgan fingerprint density at radius 1 is 0.852 bits per heavy atom. The molecule has 6 heteroatoms. The first-order valence-electron chi connectivity index (χ1n) is 9.20. The number of hydrogen-bond acceptors (Lipinski definition) is 4. The Hall–Kier alpha value is -2.47. The lowest BCUT2D eigenvalue weighted by atomic mass is 10.1. The molecule has 0 aromatic heterocycles. The number of carbonyl (C=O) groups excluding carboxylic acids is 2. The van der Waals surface area contributed by atoms with Crippen LogP contribution in [-0.4, -0.2) is 43.0 Å². The molecule has 2 aromatic carbocycles. The zero-order valence-corrected chi connectivity index (χ0v) is 16.1. The van der Waals surface area contributed by atoms with Crippen molar-refractivity contribution in [2.24, 2.45) is 0 Å². The van der Waals surface area contributed by atoms with Crippen LogP contribution in [0.15, 0.2) is 54.6 Å². The molecule has 0 spiro atoms. The average molecular weight is 384 g/mol. The van der Waals surface area contributed by atoms with E-state index in [2.05, 4.69) is 27.7 Å². The van der Waals surface area contributed by atoms with Crippen molar-refractivity contribution in [1.29, 1.82) is 0 Å². The van der Waals surface area contributed by atoms with Crippen LogP contribution in [0.3, 0.4) is 0 Å². The molecule has 0 unspecified atom stereocenters. The number of nitrogens with zero attached hydrogens (tertiary/aromatic N) is 1. The highest BCUT2D eigenvalue weighted by Crippen LogP contribution is 2.19. The van der Waals surface area contributed by atoms with Gasteiger partial charge in [0.15, 0.2) is 0 Å². The lowest BCUT2D eigenvalue weighted by molar-refractivity contribution is -0.125. The Morgan fingerprint density at radius 3 is 2.26 bits per heavy atom. The molecule has 1 fully saturated rings. The Kier molecular flexibility index (Phi) is 7.16. The van der Waals surface area contributed by atoms with Gasteiger partial charge in [0, 0.05) is 36.8 Å². The van der Waals surface area contributed by atoms with Crippen LogP contribution >= 0.6 is 11.8 Å². The Bertz CT molecular complexity index is 744. The number of hydrogen-bond donors (Lipinski definition) is 2. The predicted molar refractivity (Wildman–Crippen MR) is 111 cm³/mol. The van der Waals surface area contributed by atoms with Gasteiger partial charge in [-0.05, 0) is 23.3 Å².